The maximum absolute atomic E-state index is 12.8. The van der Waals surface area contributed by atoms with E-state index in [1.807, 2.05) is 0 Å². The first-order valence-corrected chi connectivity index (χ1v) is 7.24. The number of aromatic nitrogens is 2. The van der Waals surface area contributed by atoms with Crippen LogP contribution in [-0.2, 0) is 17.5 Å². The minimum Gasteiger partial charge on any atom is -0.442 e. The highest BCUT2D eigenvalue weighted by Crippen LogP contribution is 2.27. The molecule has 1 amide bonds. The van der Waals surface area contributed by atoms with Crippen molar-refractivity contribution in [2.75, 3.05) is 5.01 Å². The molecule has 0 aliphatic heterocycles. The third kappa shape index (κ3) is 4.74. The minimum atomic E-state index is -4.59. The Balaban J connectivity index is 2.31. The van der Waals surface area contributed by atoms with Gasteiger partial charge in [0, 0.05) is 6.20 Å². The van der Waals surface area contributed by atoms with Crippen molar-refractivity contribution in [1.29, 1.82) is 0 Å². The molecule has 8 heteroatoms. The molecule has 0 aliphatic rings. The quantitative estimate of drug-likeness (QED) is 0.848. The molecule has 0 saturated carbocycles. The second-order valence-electron chi connectivity index (χ2n) is 6.14. The molecular formula is C16H18F3N3O2. The Morgan fingerprint density at radius 2 is 1.79 bits per heavy atom. The SMILES string of the molecule is CC(C)(C)OC(=O)N(Cc1ccccc1)n1ccc(C(F)(F)F)n1. The molecule has 130 valence electrons. The molecule has 0 unspecified atom stereocenters. The van der Waals surface area contributed by atoms with Crippen LogP contribution in [0, 0.1) is 0 Å². The standard InChI is InChI=1S/C16H18F3N3O2/c1-15(2,3)24-14(23)21(11-12-7-5-4-6-8-12)22-10-9-13(20-22)16(17,18)19/h4-10H,11H2,1-3H3. The van der Waals surface area contributed by atoms with Crippen molar-refractivity contribution >= 4 is 6.09 Å². The van der Waals surface area contributed by atoms with Gasteiger partial charge in [-0.05, 0) is 32.4 Å². The first kappa shape index (κ1) is 17.8. The topological polar surface area (TPSA) is 47.4 Å². The molecule has 24 heavy (non-hydrogen) atoms. The molecule has 0 spiro atoms. The van der Waals surface area contributed by atoms with Crippen molar-refractivity contribution in [3.63, 3.8) is 0 Å². The molecule has 1 heterocycles. The molecule has 0 aliphatic carbocycles. The fourth-order valence-corrected chi connectivity index (χ4v) is 1.89. The lowest BCUT2D eigenvalue weighted by Crippen LogP contribution is -2.43. The molecular weight excluding hydrogens is 323 g/mol. The van der Waals surface area contributed by atoms with Crippen molar-refractivity contribution in [2.45, 2.75) is 39.1 Å². The predicted molar refractivity (Wildman–Crippen MR) is 81.8 cm³/mol. The zero-order valence-corrected chi connectivity index (χ0v) is 13.5. The summed E-state index contributed by atoms with van der Waals surface area (Å²) in [4.78, 5) is 13.2. The van der Waals surface area contributed by atoms with Gasteiger partial charge < -0.3 is 4.74 Å². The zero-order valence-electron chi connectivity index (χ0n) is 13.5. The lowest BCUT2D eigenvalue weighted by molar-refractivity contribution is -0.141. The minimum absolute atomic E-state index is 0.0226. The molecule has 0 fully saturated rings. The number of hydrogen-bond acceptors (Lipinski definition) is 3. The van der Waals surface area contributed by atoms with Gasteiger partial charge in [-0.2, -0.15) is 23.0 Å². The summed E-state index contributed by atoms with van der Waals surface area (Å²) in [5.41, 5.74) is -1.14. The molecule has 0 saturated heterocycles. The van der Waals surface area contributed by atoms with Crippen molar-refractivity contribution < 1.29 is 22.7 Å². The number of amides is 1. The van der Waals surface area contributed by atoms with E-state index in [4.69, 9.17) is 4.74 Å². The van der Waals surface area contributed by atoms with Crippen LogP contribution in [0.5, 0.6) is 0 Å². The van der Waals surface area contributed by atoms with Gasteiger partial charge in [0.2, 0.25) is 0 Å². The number of carbonyl (C=O) groups is 1. The van der Waals surface area contributed by atoms with Crippen molar-refractivity contribution in [3.8, 4) is 0 Å². The van der Waals surface area contributed by atoms with Crippen molar-refractivity contribution in [2.24, 2.45) is 0 Å². The van der Waals surface area contributed by atoms with Crippen LogP contribution >= 0.6 is 0 Å². The summed E-state index contributed by atoms with van der Waals surface area (Å²) in [7, 11) is 0. The van der Waals surface area contributed by atoms with E-state index in [0.29, 0.717) is 0 Å². The smallest absolute Gasteiger partial charge is 0.435 e. The average Bonchev–Trinajstić information content (AvgIpc) is 2.93. The van der Waals surface area contributed by atoms with E-state index >= 15 is 0 Å². The van der Waals surface area contributed by atoms with Crippen LogP contribution in [0.15, 0.2) is 42.6 Å². The highest BCUT2D eigenvalue weighted by molar-refractivity contribution is 5.78. The second-order valence-corrected chi connectivity index (χ2v) is 6.14. The molecule has 0 N–H and O–H groups in total. The van der Waals surface area contributed by atoms with E-state index in [1.165, 1.54) is 0 Å². The number of carbonyl (C=O) groups excluding carboxylic acids is 1. The van der Waals surface area contributed by atoms with Gasteiger partial charge in [0.25, 0.3) is 0 Å². The zero-order chi connectivity index (χ0) is 18.0. The van der Waals surface area contributed by atoms with Gasteiger partial charge >= 0.3 is 12.3 Å². The third-order valence-corrected chi connectivity index (χ3v) is 2.89. The Bertz CT molecular complexity index is 691. The lowest BCUT2D eigenvalue weighted by atomic mass is 10.2. The summed E-state index contributed by atoms with van der Waals surface area (Å²) in [5, 5.41) is 4.46. The number of halogens is 3. The van der Waals surface area contributed by atoms with Gasteiger partial charge in [0.15, 0.2) is 5.69 Å². The van der Waals surface area contributed by atoms with Crippen LogP contribution in [-0.4, -0.2) is 21.6 Å². The predicted octanol–water partition coefficient (Wildman–Crippen LogP) is 3.98. The van der Waals surface area contributed by atoms with E-state index in [1.54, 1.807) is 51.1 Å². The number of alkyl halides is 3. The van der Waals surface area contributed by atoms with Crippen LogP contribution in [0.25, 0.3) is 0 Å². The Hall–Kier alpha value is -2.51. The summed E-state index contributed by atoms with van der Waals surface area (Å²) >= 11 is 0. The first-order valence-electron chi connectivity index (χ1n) is 7.24. The van der Waals surface area contributed by atoms with Gasteiger partial charge in [-0.1, -0.05) is 30.3 Å². The van der Waals surface area contributed by atoms with Crippen LogP contribution in [0.2, 0.25) is 0 Å². The van der Waals surface area contributed by atoms with E-state index < -0.39 is 23.6 Å². The molecule has 5 nitrogen and oxygen atoms in total. The number of nitrogens with zero attached hydrogens (tertiary/aromatic N) is 3. The van der Waals surface area contributed by atoms with Gasteiger partial charge in [-0.15, -0.1) is 5.10 Å². The molecule has 1 aromatic carbocycles. The van der Waals surface area contributed by atoms with E-state index in [0.717, 1.165) is 27.6 Å². The van der Waals surface area contributed by atoms with Crippen molar-refractivity contribution in [3.05, 3.63) is 53.9 Å². The van der Waals surface area contributed by atoms with Crippen molar-refractivity contribution in [1.82, 2.24) is 9.89 Å². The number of rotatable bonds is 3. The maximum atomic E-state index is 12.8. The van der Waals surface area contributed by atoms with Gasteiger partial charge in [0.05, 0.1) is 6.54 Å². The molecule has 0 radical (unpaired) electrons. The summed E-state index contributed by atoms with van der Waals surface area (Å²) in [5.74, 6) is 0. The Labute approximate surface area is 137 Å². The Morgan fingerprint density at radius 3 is 2.29 bits per heavy atom. The molecule has 2 rings (SSSR count). The van der Waals surface area contributed by atoms with E-state index in [-0.39, 0.29) is 6.54 Å². The second kappa shape index (κ2) is 6.54. The summed E-state index contributed by atoms with van der Waals surface area (Å²) in [6.07, 6.45) is -4.30. The normalized spacial score (nSPS) is 12.1. The number of ether oxygens (including phenoxy) is 1. The molecule has 2 aromatic rings. The lowest BCUT2D eigenvalue weighted by Gasteiger charge is -2.27. The summed E-state index contributed by atoms with van der Waals surface area (Å²) < 4.78 is 43.5. The van der Waals surface area contributed by atoms with Gasteiger partial charge in [0.1, 0.15) is 5.60 Å². The van der Waals surface area contributed by atoms with Crippen LogP contribution in [0.1, 0.15) is 32.0 Å². The third-order valence-electron chi connectivity index (χ3n) is 2.89. The summed E-state index contributed by atoms with van der Waals surface area (Å²) in [6.45, 7) is 5.05. The highest BCUT2D eigenvalue weighted by atomic mass is 19.4. The van der Waals surface area contributed by atoms with Gasteiger partial charge in [-0.3, -0.25) is 0 Å². The fraction of sp³-hybridized carbons (Fsp3) is 0.375. The van der Waals surface area contributed by atoms with E-state index in [9.17, 15) is 18.0 Å². The maximum Gasteiger partial charge on any atom is 0.435 e. The first-order chi connectivity index (χ1) is 11.1. The molecule has 1 aromatic heterocycles. The van der Waals surface area contributed by atoms with E-state index in [2.05, 4.69) is 5.10 Å². The Kier molecular flexibility index (Phi) is 4.86. The number of benzene rings is 1. The monoisotopic (exact) mass is 341 g/mol. The Morgan fingerprint density at radius 1 is 1.17 bits per heavy atom. The van der Waals surface area contributed by atoms with Crippen LogP contribution < -0.4 is 5.01 Å². The molecule has 0 atom stereocenters. The average molecular weight is 341 g/mol. The largest absolute Gasteiger partial charge is 0.442 e. The fourth-order valence-electron chi connectivity index (χ4n) is 1.89. The summed E-state index contributed by atoms with van der Waals surface area (Å²) in [6, 6.07) is 9.66. The highest BCUT2D eigenvalue weighted by Gasteiger charge is 2.35. The molecule has 0 bridgehead atoms. The number of hydrogen-bond donors (Lipinski definition) is 0. The van der Waals surface area contributed by atoms with Crippen LogP contribution in [0.3, 0.4) is 0 Å². The van der Waals surface area contributed by atoms with Gasteiger partial charge in [-0.25, -0.2) is 4.79 Å². The van der Waals surface area contributed by atoms with Crippen LogP contribution in [0.4, 0.5) is 18.0 Å².